The van der Waals surface area contributed by atoms with Crippen molar-refractivity contribution in [1.29, 1.82) is 0 Å². The number of alkyl halides is 4. The highest BCUT2D eigenvalue weighted by molar-refractivity contribution is 7.89. The highest BCUT2D eigenvalue weighted by Crippen LogP contribution is 2.68. The molecular weight excluding hydrogens is 726 g/mol. The van der Waals surface area contributed by atoms with E-state index in [0.29, 0.717) is 27.3 Å². The lowest BCUT2D eigenvalue weighted by Gasteiger charge is -2.26. The zero-order chi connectivity index (χ0) is 37.2. The minimum absolute atomic E-state index is 0.0166. The third kappa shape index (κ3) is 6.44. The van der Waals surface area contributed by atoms with Crippen LogP contribution in [0.25, 0.3) is 22.3 Å². The summed E-state index contributed by atoms with van der Waals surface area (Å²) in [5.74, 6) is -8.05. The lowest BCUT2D eigenvalue weighted by Crippen LogP contribution is -2.40. The van der Waals surface area contributed by atoms with Gasteiger partial charge in [0.1, 0.15) is 29.6 Å². The molecule has 0 bridgehead atoms. The molecule has 1 saturated heterocycles. The molecule has 1 amide bonds. The van der Waals surface area contributed by atoms with Crippen LogP contribution in [-0.4, -0.2) is 64.7 Å². The van der Waals surface area contributed by atoms with Gasteiger partial charge in [0.15, 0.2) is 0 Å². The number of fused-ring (bicyclic) bond motifs is 4. The molecule has 3 heterocycles. The number of nitrogens with one attached hydrogen (secondary N) is 1. The number of aromatic nitrogens is 4. The van der Waals surface area contributed by atoms with E-state index in [1.807, 2.05) is 0 Å². The first-order valence-electron chi connectivity index (χ1n) is 16.8. The Morgan fingerprint density at radius 1 is 0.943 bits per heavy atom. The minimum atomic E-state index is -3.85. The van der Waals surface area contributed by atoms with Gasteiger partial charge in [-0.15, -0.1) is 0 Å². The van der Waals surface area contributed by atoms with Crippen LogP contribution in [0, 0.1) is 17.6 Å². The van der Waals surface area contributed by atoms with Crippen molar-refractivity contribution in [2.75, 3.05) is 26.3 Å². The topological polar surface area (TPSA) is 119 Å². The maximum absolute atomic E-state index is 15.3. The van der Waals surface area contributed by atoms with Gasteiger partial charge in [-0.25, -0.2) is 35.9 Å². The zero-order valence-corrected chi connectivity index (χ0v) is 28.5. The average molecular weight is 757 g/mol. The van der Waals surface area contributed by atoms with Gasteiger partial charge in [0.25, 0.3) is 12.3 Å². The molecule has 1 aliphatic heterocycles. The van der Waals surface area contributed by atoms with Crippen molar-refractivity contribution >= 4 is 27.0 Å². The summed E-state index contributed by atoms with van der Waals surface area (Å²) in [6.07, 6.45) is -3.35. The molecule has 1 N–H and O–H groups in total. The van der Waals surface area contributed by atoms with E-state index in [1.165, 1.54) is 28.6 Å². The number of ether oxygens (including phenoxy) is 1. The Balaban J connectivity index is 1.19. The first-order valence-corrected chi connectivity index (χ1v) is 18.2. The fourth-order valence-electron chi connectivity index (χ4n) is 7.32. The Morgan fingerprint density at radius 2 is 1.60 bits per heavy atom. The van der Waals surface area contributed by atoms with Gasteiger partial charge in [0, 0.05) is 36.2 Å². The fourth-order valence-corrected chi connectivity index (χ4v) is 8.73. The number of hydrogen-bond acceptors (Lipinski definition) is 7. The van der Waals surface area contributed by atoms with E-state index in [0.717, 1.165) is 12.1 Å². The van der Waals surface area contributed by atoms with Crippen molar-refractivity contribution < 1.29 is 44.3 Å². The van der Waals surface area contributed by atoms with E-state index >= 15 is 8.78 Å². The number of halogens is 6. The van der Waals surface area contributed by atoms with Crippen LogP contribution in [-0.2, 0) is 38.4 Å². The van der Waals surface area contributed by atoms with Crippen molar-refractivity contribution in [1.82, 2.24) is 29.4 Å². The predicted octanol–water partition coefficient (Wildman–Crippen LogP) is 6.04. The van der Waals surface area contributed by atoms with E-state index in [1.54, 1.807) is 24.3 Å². The molecule has 0 spiro atoms. The summed E-state index contributed by atoms with van der Waals surface area (Å²) in [6.45, 7) is 0.0410. The van der Waals surface area contributed by atoms with E-state index in [9.17, 15) is 30.8 Å². The van der Waals surface area contributed by atoms with Crippen LogP contribution in [0.2, 0.25) is 0 Å². The summed E-state index contributed by atoms with van der Waals surface area (Å²) in [6, 6.07) is 14.2. The zero-order valence-electron chi connectivity index (χ0n) is 27.7. The largest absolute Gasteiger partial charge is 0.379 e. The third-order valence-electron chi connectivity index (χ3n) is 9.82. The van der Waals surface area contributed by atoms with E-state index in [-0.39, 0.29) is 66.6 Å². The second-order valence-corrected chi connectivity index (χ2v) is 15.2. The van der Waals surface area contributed by atoms with Crippen LogP contribution in [0.3, 0.4) is 0 Å². The van der Waals surface area contributed by atoms with Crippen LogP contribution in [0.4, 0.5) is 26.3 Å². The van der Waals surface area contributed by atoms with Gasteiger partial charge in [-0.05, 0) is 60.7 Å². The third-order valence-corrected chi connectivity index (χ3v) is 11.7. The van der Waals surface area contributed by atoms with Crippen molar-refractivity contribution in [2.45, 2.75) is 48.6 Å². The van der Waals surface area contributed by atoms with Gasteiger partial charge in [0.2, 0.25) is 15.9 Å². The number of benzene rings is 3. The van der Waals surface area contributed by atoms with Gasteiger partial charge in [-0.2, -0.15) is 18.2 Å². The number of sulfonamides is 1. The molecule has 2 fully saturated rings. The summed E-state index contributed by atoms with van der Waals surface area (Å²) >= 11 is 0. The van der Waals surface area contributed by atoms with Gasteiger partial charge >= 0.3 is 0 Å². The highest BCUT2D eigenvalue weighted by Gasteiger charge is 2.67. The van der Waals surface area contributed by atoms with Crippen LogP contribution in [0.15, 0.2) is 71.6 Å². The molecule has 3 atom stereocenters. The van der Waals surface area contributed by atoms with Gasteiger partial charge < -0.3 is 10.1 Å². The second-order valence-electron chi connectivity index (χ2n) is 13.3. The number of nitrogens with zero attached hydrogens (tertiary/aromatic N) is 5. The molecule has 1 unspecified atom stereocenters. The molecular formula is C36H30F6N6O4S. The van der Waals surface area contributed by atoms with Crippen molar-refractivity contribution in [2.24, 2.45) is 5.92 Å². The fraction of sp³-hybridized carbons (Fsp3) is 0.333. The van der Waals surface area contributed by atoms with Crippen LogP contribution >= 0.6 is 0 Å². The van der Waals surface area contributed by atoms with Gasteiger partial charge in [0.05, 0.1) is 46.6 Å². The van der Waals surface area contributed by atoms with E-state index in [4.69, 9.17) is 14.7 Å². The number of rotatable bonds is 10. The summed E-state index contributed by atoms with van der Waals surface area (Å²) in [5, 5.41) is 6.45. The lowest BCUT2D eigenvalue weighted by molar-refractivity contribution is -0.123. The molecule has 276 valence electrons. The number of hydrogen-bond donors (Lipinski definition) is 1. The molecule has 1 saturated carbocycles. The SMILES string of the molecule is O=C(Cn1nc(C(F)F)c2c1C(F)(F)[C@@H]1CC21)N[C@@H](Cc1cc(F)cc(F)c1)c1nc2ccccc2nc1-c1ccc(S(=O)(=O)N2CCOCC2)cc1. The van der Waals surface area contributed by atoms with Crippen LogP contribution in [0.1, 0.15) is 53.0 Å². The minimum Gasteiger partial charge on any atom is -0.379 e. The normalized spacial score (nSPS) is 20.0. The molecule has 0 radical (unpaired) electrons. The smallest absolute Gasteiger partial charge is 0.293 e. The van der Waals surface area contributed by atoms with E-state index < -0.39 is 75.7 Å². The molecule has 2 aliphatic carbocycles. The maximum Gasteiger partial charge on any atom is 0.293 e. The summed E-state index contributed by atoms with van der Waals surface area (Å²) in [7, 11) is -3.85. The van der Waals surface area contributed by atoms with Gasteiger partial charge in [-0.3, -0.25) is 9.48 Å². The molecule has 5 aromatic rings. The number of carbonyl (C=O) groups excluding carboxylic acids is 1. The Kier molecular flexibility index (Phi) is 8.77. The molecule has 3 aromatic carbocycles. The Hall–Kier alpha value is -4.87. The summed E-state index contributed by atoms with van der Waals surface area (Å²) in [5.41, 5.74) is -0.128. The van der Waals surface area contributed by atoms with Crippen LogP contribution < -0.4 is 5.32 Å². The van der Waals surface area contributed by atoms with Crippen molar-refractivity contribution in [3.63, 3.8) is 0 Å². The van der Waals surface area contributed by atoms with Crippen molar-refractivity contribution in [3.8, 4) is 11.3 Å². The molecule has 17 heteroatoms. The monoisotopic (exact) mass is 756 g/mol. The Morgan fingerprint density at radius 3 is 2.26 bits per heavy atom. The average Bonchev–Trinajstić information content (AvgIpc) is 3.79. The quantitative estimate of drug-likeness (QED) is 0.173. The van der Waals surface area contributed by atoms with Crippen LogP contribution in [0.5, 0.6) is 0 Å². The number of carbonyl (C=O) groups is 1. The standard InChI is InChI=1S/C36H30F6N6O4S/c37-21-13-19(14-22(38)16-21)15-28(43-29(49)18-48-34-30(33(46-48)35(39)40)24-17-25(24)36(34,41)42)32-31(44-26-3-1-2-4-27(26)45-32)20-5-7-23(8-6-20)53(50,51)47-9-11-52-12-10-47/h1-8,13-14,16,24-25,28,35H,9-12,15,17-18H2,(H,43,49)/t24?,25-,28+/m1/s1. The molecule has 53 heavy (non-hydrogen) atoms. The lowest BCUT2D eigenvalue weighted by atomic mass is 9.98. The first kappa shape index (κ1) is 35.2. The predicted molar refractivity (Wildman–Crippen MR) is 177 cm³/mol. The molecule has 3 aliphatic rings. The highest BCUT2D eigenvalue weighted by atomic mass is 32.2. The van der Waals surface area contributed by atoms with E-state index in [2.05, 4.69) is 10.4 Å². The van der Waals surface area contributed by atoms with Gasteiger partial charge in [-0.1, -0.05) is 24.3 Å². The Bertz CT molecular complexity index is 2330. The molecule has 8 rings (SSSR count). The maximum atomic E-state index is 15.3. The summed E-state index contributed by atoms with van der Waals surface area (Å²) < 4.78 is 121. The second kappa shape index (κ2) is 13.2. The molecule has 10 nitrogen and oxygen atoms in total. The number of morpholine rings is 1. The number of amides is 1. The summed E-state index contributed by atoms with van der Waals surface area (Å²) in [4.78, 5) is 23.3. The molecule has 2 aromatic heterocycles. The van der Waals surface area contributed by atoms with Crippen molar-refractivity contribution in [3.05, 3.63) is 107 Å². The first-order chi connectivity index (χ1) is 25.3. The Labute approximate surface area is 298 Å². The number of para-hydroxylation sites is 2.